The largest absolute Gasteiger partial charge is 0.330 e. The molecule has 1 N–H and O–H groups in total. The lowest BCUT2D eigenvalue weighted by Gasteiger charge is -2.36. The molecule has 0 aromatic rings. The van der Waals surface area contributed by atoms with E-state index in [1.165, 1.54) is 4.90 Å². The molecule has 5 heteroatoms. The van der Waals surface area contributed by atoms with Crippen LogP contribution in [-0.4, -0.2) is 29.3 Å². The van der Waals surface area contributed by atoms with Gasteiger partial charge in [0.25, 0.3) is 0 Å². The van der Waals surface area contributed by atoms with E-state index in [-0.39, 0.29) is 11.3 Å². The molecule has 94 valence electrons. The molecule has 17 heavy (non-hydrogen) atoms. The van der Waals surface area contributed by atoms with Crippen LogP contribution in [0.3, 0.4) is 0 Å². The summed E-state index contributed by atoms with van der Waals surface area (Å²) in [5.41, 5.74) is -1.04. The van der Waals surface area contributed by atoms with Crippen LogP contribution in [0.4, 0.5) is 4.79 Å². The summed E-state index contributed by atoms with van der Waals surface area (Å²) in [5, 5.41) is 2.25. The zero-order valence-corrected chi connectivity index (χ0v) is 10.5. The van der Waals surface area contributed by atoms with Crippen LogP contribution in [-0.2, 0) is 9.59 Å². The summed E-state index contributed by atoms with van der Waals surface area (Å²) in [4.78, 5) is 36.6. The van der Waals surface area contributed by atoms with Crippen LogP contribution in [0.25, 0.3) is 0 Å². The average Bonchev–Trinajstić information content (AvgIpc) is 3.03. The first kappa shape index (κ1) is 12.1. The fraction of sp³-hybridized carbons (Fsp3) is 0.750. The Morgan fingerprint density at radius 3 is 2.29 bits per heavy atom. The second-order valence-corrected chi connectivity index (χ2v) is 5.63. The van der Waals surface area contributed by atoms with E-state index in [9.17, 15) is 14.4 Å². The highest BCUT2D eigenvalue weighted by Gasteiger charge is 2.51. The molecule has 5 nitrogen and oxygen atoms in total. The Labute approximate surface area is 101 Å². The Hall–Kier alpha value is -1.39. The Kier molecular flexibility index (Phi) is 2.52. The molecule has 0 atom stereocenters. The topological polar surface area (TPSA) is 66.5 Å². The molecular formula is C12H18N2O3. The van der Waals surface area contributed by atoms with E-state index in [4.69, 9.17) is 0 Å². The van der Waals surface area contributed by atoms with Crippen molar-refractivity contribution in [2.75, 3.05) is 6.54 Å². The molecule has 1 saturated carbocycles. The number of nitrogens with zero attached hydrogens (tertiary/aromatic N) is 1. The van der Waals surface area contributed by atoms with Crippen molar-refractivity contribution < 1.29 is 14.4 Å². The molecule has 2 fully saturated rings. The van der Waals surface area contributed by atoms with Gasteiger partial charge in [0, 0.05) is 6.54 Å². The number of hydrogen-bond donors (Lipinski definition) is 1. The van der Waals surface area contributed by atoms with Crippen LogP contribution in [0.2, 0.25) is 0 Å². The standard InChI is InChI=1S/C12H18N2O3/c1-4-12(5-6-12)7-14-9(16)11(2,3)8(15)13-10(14)17/h4-7H2,1-3H3,(H,13,15,17). The van der Waals surface area contributed by atoms with E-state index in [0.29, 0.717) is 6.54 Å². The fourth-order valence-electron chi connectivity index (χ4n) is 2.13. The number of barbiturate groups is 1. The third-order valence-electron chi connectivity index (χ3n) is 4.01. The summed E-state index contributed by atoms with van der Waals surface area (Å²) in [6, 6.07) is -0.570. The maximum Gasteiger partial charge on any atom is 0.330 e. The van der Waals surface area contributed by atoms with Gasteiger partial charge in [-0.1, -0.05) is 6.92 Å². The number of rotatable bonds is 3. The van der Waals surface area contributed by atoms with Gasteiger partial charge in [-0.05, 0) is 38.5 Å². The van der Waals surface area contributed by atoms with E-state index in [0.717, 1.165) is 19.3 Å². The minimum Gasteiger partial charge on any atom is -0.277 e. The molecule has 0 unspecified atom stereocenters. The number of hydrogen-bond acceptors (Lipinski definition) is 3. The average molecular weight is 238 g/mol. The van der Waals surface area contributed by atoms with Gasteiger partial charge in [-0.2, -0.15) is 0 Å². The SMILES string of the molecule is CCC1(CN2C(=O)NC(=O)C(C)(C)C2=O)CC1. The molecule has 1 heterocycles. The van der Waals surface area contributed by atoms with Gasteiger partial charge in [0.05, 0.1) is 0 Å². The van der Waals surface area contributed by atoms with Crippen molar-refractivity contribution in [3.63, 3.8) is 0 Å². The van der Waals surface area contributed by atoms with Crippen molar-refractivity contribution in [1.29, 1.82) is 0 Å². The maximum absolute atomic E-state index is 12.1. The van der Waals surface area contributed by atoms with E-state index in [1.807, 2.05) is 0 Å². The molecule has 0 aromatic carbocycles. The van der Waals surface area contributed by atoms with Crippen molar-refractivity contribution in [3.8, 4) is 0 Å². The van der Waals surface area contributed by atoms with Crippen molar-refractivity contribution in [1.82, 2.24) is 10.2 Å². The molecule has 2 aliphatic rings. The number of urea groups is 1. The minimum absolute atomic E-state index is 0.101. The Morgan fingerprint density at radius 1 is 1.24 bits per heavy atom. The maximum atomic E-state index is 12.1. The van der Waals surface area contributed by atoms with Crippen molar-refractivity contribution in [3.05, 3.63) is 0 Å². The molecule has 0 radical (unpaired) electrons. The fourth-order valence-corrected chi connectivity index (χ4v) is 2.13. The molecule has 1 aliphatic carbocycles. The van der Waals surface area contributed by atoms with E-state index < -0.39 is 17.4 Å². The van der Waals surface area contributed by atoms with E-state index in [1.54, 1.807) is 13.8 Å². The van der Waals surface area contributed by atoms with Gasteiger partial charge in [0.1, 0.15) is 5.41 Å². The molecule has 0 spiro atoms. The number of nitrogens with one attached hydrogen (secondary N) is 1. The van der Waals surface area contributed by atoms with Crippen LogP contribution in [0.5, 0.6) is 0 Å². The van der Waals surface area contributed by atoms with Crippen molar-refractivity contribution in [2.45, 2.75) is 40.0 Å². The van der Waals surface area contributed by atoms with Gasteiger partial charge in [-0.15, -0.1) is 0 Å². The summed E-state index contributed by atoms with van der Waals surface area (Å²) in [7, 11) is 0. The predicted molar refractivity (Wildman–Crippen MR) is 61.0 cm³/mol. The molecule has 1 aliphatic heterocycles. The van der Waals surface area contributed by atoms with Gasteiger partial charge in [-0.25, -0.2) is 4.79 Å². The molecule has 4 amide bonds. The van der Waals surface area contributed by atoms with Crippen LogP contribution in [0.1, 0.15) is 40.0 Å². The summed E-state index contributed by atoms with van der Waals surface area (Å²) in [6.45, 7) is 5.60. The third-order valence-corrected chi connectivity index (χ3v) is 4.01. The zero-order chi connectivity index (χ0) is 12.8. The van der Waals surface area contributed by atoms with Gasteiger partial charge >= 0.3 is 6.03 Å². The molecule has 0 aromatic heterocycles. The van der Waals surface area contributed by atoms with Crippen LogP contribution < -0.4 is 5.32 Å². The first-order valence-corrected chi connectivity index (χ1v) is 6.00. The Bertz CT molecular complexity index is 397. The quantitative estimate of drug-likeness (QED) is 0.753. The first-order valence-electron chi connectivity index (χ1n) is 6.00. The van der Waals surface area contributed by atoms with Gasteiger partial charge < -0.3 is 0 Å². The van der Waals surface area contributed by atoms with Crippen molar-refractivity contribution in [2.24, 2.45) is 10.8 Å². The van der Waals surface area contributed by atoms with Crippen LogP contribution >= 0.6 is 0 Å². The Balaban J connectivity index is 2.19. The van der Waals surface area contributed by atoms with Crippen molar-refractivity contribution >= 4 is 17.8 Å². The number of carbonyl (C=O) groups excluding carboxylic acids is 3. The monoisotopic (exact) mass is 238 g/mol. The summed E-state index contributed by atoms with van der Waals surface area (Å²) >= 11 is 0. The first-order chi connectivity index (χ1) is 7.82. The van der Waals surface area contributed by atoms with E-state index in [2.05, 4.69) is 12.2 Å². The summed E-state index contributed by atoms with van der Waals surface area (Å²) < 4.78 is 0. The van der Waals surface area contributed by atoms with Crippen LogP contribution in [0.15, 0.2) is 0 Å². The normalized spacial score (nSPS) is 25.8. The molecular weight excluding hydrogens is 220 g/mol. The lowest BCUT2D eigenvalue weighted by Crippen LogP contribution is -2.62. The molecule has 1 saturated heterocycles. The summed E-state index contributed by atoms with van der Waals surface area (Å²) in [5.74, 6) is -0.893. The zero-order valence-electron chi connectivity index (χ0n) is 10.5. The second-order valence-electron chi connectivity index (χ2n) is 5.63. The number of carbonyl (C=O) groups is 3. The minimum atomic E-state index is -1.14. The van der Waals surface area contributed by atoms with Gasteiger partial charge in [-0.3, -0.25) is 19.8 Å². The molecule has 2 rings (SSSR count). The summed E-state index contributed by atoms with van der Waals surface area (Å²) in [6.07, 6.45) is 3.06. The highest BCUT2D eigenvalue weighted by Crippen LogP contribution is 2.49. The smallest absolute Gasteiger partial charge is 0.277 e. The van der Waals surface area contributed by atoms with E-state index >= 15 is 0 Å². The number of imide groups is 2. The highest BCUT2D eigenvalue weighted by atomic mass is 16.2. The van der Waals surface area contributed by atoms with Gasteiger partial charge in [0.15, 0.2) is 0 Å². The second kappa shape index (κ2) is 3.55. The Morgan fingerprint density at radius 2 is 1.82 bits per heavy atom. The highest BCUT2D eigenvalue weighted by molar-refractivity contribution is 6.18. The lowest BCUT2D eigenvalue weighted by molar-refractivity contribution is -0.149. The lowest BCUT2D eigenvalue weighted by atomic mass is 9.88. The van der Waals surface area contributed by atoms with Crippen LogP contribution in [0, 0.1) is 10.8 Å². The molecule has 0 bridgehead atoms. The number of amides is 4. The predicted octanol–water partition coefficient (Wildman–Crippen LogP) is 1.28. The third kappa shape index (κ3) is 1.83. The van der Waals surface area contributed by atoms with Gasteiger partial charge in [0.2, 0.25) is 11.8 Å².